The fourth-order valence-corrected chi connectivity index (χ4v) is 5.09. The number of amides is 1. The molecule has 1 amide bonds. The molecule has 8 nitrogen and oxygen atoms in total. The van der Waals surface area contributed by atoms with Crippen LogP contribution in [0.2, 0.25) is 0 Å². The molecule has 1 saturated heterocycles. The summed E-state index contributed by atoms with van der Waals surface area (Å²) in [5.41, 5.74) is 0.804. The Morgan fingerprint density at radius 2 is 1.86 bits per heavy atom. The van der Waals surface area contributed by atoms with Crippen LogP contribution in [0.15, 0.2) is 18.6 Å². The first-order valence-electron chi connectivity index (χ1n) is 10.9. The summed E-state index contributed by atoms with van der Waals surface area (Å²) in [6, 6.07) is 0.221. The molecule has 2 aromatic heterocycles. The average molecular weight is 396 g/mol. The first kappa shape index (κ1) is 18.4. The Hall–Kier alpha value is -2.64. The van der Waals surface area contributed by atoms with E-state index in [0.717, 1.165) is 49.8 Å². The van der Waals surface area contributed by atoms with Crippen molar-refractivity contribution in [3.63, 3.8) is 0 Å². The normalized spacial score (nSPS) is 22.6. The van der Waals surface area contributed by atoms with E-state index in [1.807, 2.05) is 24.0 Å². The van der Waals surface area contributed by atoms with Gasteiger partial charge in [0.2, 0.25) is 17.8 Å². The molecule has 8 heteroatoms. The van der Waals surface area contributed by atoms with Gasteiger partial charge in [0, 0.05) is 38.6 Å². The van der Waals surface area contributed by atoms with Gasteiger partial charge in [-0.05, 0) is 32.1 Å². The predicted octanol–water partition coefficient (Wildman–Crippen LogP) is 2.77. The summed E-state index contributed by atoms with van der Waals surface area (Å²) < 4.78 is 1.98. The van der Waals surface area contributed by atoms with Gasteiger partial charge in [0.05, 0.1) is 6.20 Å². The number of aromatic nitrogens is 4. The van der Waals surface area contributed by atoms with Crippen LogP contribution in [-0.2, 0) is 4.79 Å². The Morgan fingerprint density at radius 3 is 2.59 bits per heavy atom. The minimum absolute atomic E-state index is 0.142. The third kappa shape index (κ3) is 2.96. The van der Waals surface area contributed by atoms with Crippen LogP contribution < -0.4 is 14.7 Å². The molecule has 3 aliphatic rings. The molecule has 1 atom stereocenters. The molecular weight excluding hydrogens is 366 g/mol. The molecular formula is C21H29N7O. The highest BCUT2D eigenvalue weighted by Gasteiger charge is 2.41. The predicted molar refractivity (Wildman–Crippen MR) is 113 cm³/mol. The van der Waals surface area contributed by atoms with Crippen LogP contribution in [0.1, 0.15) is 51.9 Å². The molecule has 5 rings (SSSR count). The Bertz CT molecular complexity index is 898. The van der Waals surface area contributed by atoms with Gasteiger partial charge in [-0.3, -0.25) is 9.36 Å². The summed E-state index contributed by atoms with van der Waals surface area (Å²) in [4.78, 5) is 33.6. The number of hydrogen-bond acceptors (Lipinski definition) is 6. The Kier molecular flexibility index (Phi) is 4.64. The van der Waals surface area contributed by atoms with Crippen LogP contribution in [0.4, 0.5) is 17.5 Å². The number of imidazole rings is 1. The second kappa shape index (κ2) is 7.31. The fraction of sp³-hybridized carbons (Fsp3) is 0.619. The molecule has 0 aromatic carbocycles. The van der Waals surface area contributed by atoms with E-state index < -0.39 is 0 Å². The van der Waals surface area contributed by atoms with Gasteiger partial charge in [-0.25, -0.2) is 9.97 Å². The monoisotopic (exact) mass is 395 g/mol. The highest BCUT2D eigenvalue weighted by Crippen LogP contribution is 2.39. The molecule has 1 aliphatic carbocycles. The van der Waals surface area contributed by atoms with E-state index in [2.05, 4.69) is 26.7 Å². The van der Waals surface area contributed by atoms with E-state index in [9.17, 15) is 4.79 Å². The van der Waals surface area contributed by atoms with E-state index in [-0.39, 0.29) is 11.9 Å². The van der Waals surface area contributed by atoms with Crippen molar-refractivity contribution in [1.29, 1.82) is 0 Å². The molecule has 0 spiro atoms. The first-order chi connectivity index (χ1) is 14.2. The lowest BCUT2D eigenvalue weighted by Crippen LogP contribution is -2.55. The number of rotatable bonds is 4. The molecule has 2 aromatic rings. The molecule has 154 valence electrons. The molecule has 29 heavy (non-hydrogen) atoms. The number of likely N-dealkylation sites (N-methyl/N-ethyl adjacent to an activating group) is 1. The summed E-state index contributed by atoms with van der Waals surface area (Å²) in [5.74, 6) is 2.56. The summed E-state index contributed by atoms with van der Waals surface area (Å²) in [6.45, 7) is 4.13. The second-order valence-corrected chi connectivity index (χ2v) is 8.34. The molecule has 0 bridgehead atoms. The van der Waals surface area contributed by atoms with E-state index in [1.54, 1.807) is 11.1 Å². The van der Waals surface area contributed by atoms with Crippen molar-refractivity contribution in [1.82, 2.24) is 19.5 Å². The van der Waals surface area contributed by atoms with E-state index >= 15 is 0 Å². The third-order valence-electron chi connectivity index (χ3n) is 6.63. The lowest BCUT2D eigenvalue weighted by atomic mass is 10.0. The minimum atomic E-state index is -0.154. The maximum absolute atomic E-state index is 13.0. The molecule has 2 fully saturated rings. The number of anilines is 3. The Labute approximate surface area is 171 Å². The second-order valence-electron chi connectivity index (χ2n) is 8.34. The van der Waals surface area contributed by atoms with Crippen molar-refractivity contribution in [3.8, 4) is 5.95 Å². The first-order valence-corrected chi connectivity index (χ1v) is 10.9. The largest absolute Gasteiger partial charge is 0.342 e. The molecule has 1 saturated carbocycles. The Morgan fingerprint density at radius 1 is 1.10 bits per heavy atom. The zero-order valence-corrected chi connectivity index (χ0v) is 17.3. The molecule has 0 unspecified atom stereocenters. The number of hydrogen-bond donors (Lipinski definition) is 0. The molecule has 0 radical (unpaired) electrons. The van der Waals surface area contributed by atoms with Crippen LogP contribution >= 0.6 is 0 Å². The smallest absolute Gasteiger partial charge is 0.249 e. The maximum Gasteiger partial charge on any atom is 0.249 e. The van der Waals surface area contributed by atoms with Gasteiger partial charge in [0.25, 0.3) is 0 Å². The van der Waals surface area contributed by atoms with Gasteiger partial charge in [-0.2, -0.15) is 4.98 Å². The Balaban J connectivity index is 1.60. The number of carbonyl (C=O) groups excluding carboxylic acids is 1. The SMILES string of the molecule is CC[C@@H]1C(=O)N(C)c2cnc(-n3ccnc3N3CCCC3)nc2N1C1CCCC1. The minimum Gasteiger partial charge on any atom is -0.342 e. The molecule has 2 aliphatic heterocycles. The summed E-state index contributed by atoms with van der Waals surface area (Å²) >= 11 is 0. The van der Waals surface area contributed by atoms with Crippen LogP contribution in [0.3, 0.4) is 0 Å². The molecule has 0 N–H and O–H groups in total. The number of fused-ring (bicyclic) bond motifs is 1. The summed E-state index contributed by atoms with van der Waals surface area (Å²) in [6.07, 6.45) is 13.4. The van der Waals surface area contributed by atoms with Crippen molar-refractivity contribution in [3.05, 3.63) is 18.6 Å². The standard InChI is InChI=1S/C21H29N7O/c1-3-16-19(29)25(2)17-14-23-20(24-18(17)28(16)15-8-4-5-9-15)27-13-10-22-21(27)26-11-6-7-12-26/h10,13-16H,3-9,11-12H2,1-2H3/t16-/m1/s1. The zero-order valence-electron chi connectivity index (χ0n) is 17.3. The van der Waals surface area contributed by atoms with Crippen molar-refractivity contribution in [2.75, 3.05) is 34.8 Å². The van der Waals surface area contributed by atoms with Crippen LogP contribution in [0, 0.1) is 0 Å². The lowest BCUT2D eigenvalue weighted by Gasteiger charge is -2.43. The van der Waals surface area contributed by atoms with E-state index in [1.165, 1.54) is 25.7 Å². The van der Waals surface area contributed by atoms with Gasteiger partial charge in [-0.1, -0.05) is 19.8 Å². The third-order valence-corrected chi connectivity index (χ3v) is 6.63. The van der Waals surface area contributed by atoms with E-state index in [4.69, 9.17) is 4.98 Å². The number of carbonyl (C=O) groups is 1. The van der Waals surface area contributed by atoms with E-state index in [0.29, 0.717) is 12.0 Å². The summed E-state index contributed by atoms with van der Waals surface area (Å²) in [7, 11) is 1.84. The summed E-state index contributed by atoms with van der Waals surface area (Å²) in [5, 5.41) is 0. The highest BCUT2D eigenvalue weighted by molar-refractivity contribution is 6.04. The van der Waals surface area contributed by atoms with Crippen molar-refractivity contribution in [2.24, 2.45) is 0 Å². The topological polar surface area (TPSA) is 70.4 Å². The van der Waals surface area contributed by atoms with Crippen molar-refractivity contribution >= 4 is 23.4 Å². The zero-order chi connectivity index (χ0) is 20.0. The van der Waals surface area contributed by atoms with Gasteiger partial charge < -0.3 is 14.7 Å². The molecule has 4 heterocycles. The quantitative estimate of drug-likeness (QED) is 0.793. The fourth-order valence-electron chi connectivity index (χ4n) is 5.09. The van der Waals surface area contributed by atoms with Gasteiger partial charge in [0.15, 0.2) is 5.82 Å². The van der Waals surface area contributed by atoms with Crippen molar-refractivity contribution < 1.29 is 4.79 Å². The van der Waals surface area contributed by atoms with Crippen LogP contribution in [0.5, 0.6) is 0 Å². The van der Waals surface area contributed by atoms with Gasteiger partial charge in [-0.15, -0.1) is 0 Å². The van der Waals surface area contributed by atoms with Crippen LogP contribution in [0.25, 0.3) is 5.95 Å². The van der Waals surface area contributed by atoms with Crippen molar-refractivity contribution in [2.45, 2.75) is 64.0 Å². The van der Waals surface area contributed by atoms with Crippen LogP contribution in [-0.4, -0.2) is 57.6 Å². The lowest BCUT2D eigenvalue weighted by molar-refractivity contribution is -0.120. The van der Waals surface area contributed by atoms with Gasteiger partial charge in [0.1, 0.15) is 11.7 Å². The maximum atomic E-state index is 13.0. The number of nitrogens with zero attached hydrogens (tertiary/aromatic N) is 7. The van der Waals surface area contributed by atoms with Gasteiger partial charge >= 0.3 is 0 Å². The average Bonchev–Trinajstić information content (AvgIpc) is 3.51. The highest BCUT2D eigenvalue weighted by atomic mass is 16.2.